The molecule has 0 atom stereocenters. The topological polar surface area (TPSA) is 79.9 Å². The van der Waals surface area contributed by atoms with Crippen LogP contribution in [0.25, 0.3) is 10.9 Å². The molecule has 0 fully saturated rings. The van der Waals surface area contributed by atoms with E-state index in [1.54, 1.807) is 18.5 Å². The molecule has 2 heterocycles. The number of fused-ring (bicyclic) bond motifs is 1. The predicted octanol–water partition coefficient (Wildman–Crippen LogP) is 2.68. The summed E-state index contributed by atoms with van der Waals surface area (Å²) < 4.78 is 5.66. The number of hydrogen-bond donors (Lipinski definition) is 2. The minimum Gasteiger partial charge on any atom is -0.475 e. The molecule has 3 rings (SSSR count). The molecule has 0 bridgehead atoms. The molecule has 3 aromatic rings. The van der Waals surface area contributed by atoms with E-state index in [0.29, 0.717) is 18.0 Å². The van der Waals surface area contributed by atoms with Gasteiger partial charge in [0.25, 0.3) is 5.91 Å². The van der Waals surface area contributed by atoms with Gasteiger partial charge in [-0.2, -0.15) is 5.10 Å². The van der Waals surface area contributed by atoms with Crippen LogP contribution in [0.3, 0.4) is 0 Å². The van der Waals surface area contributed by atoms with Crippen LogP contribution in [0.1, 0.15) is 29.8 Å². The van der Waals surface area contributed by atoms with Crippen molar-refractivity contribution in [2.24, 2.45) is 0 Å². The second-order valence-electron chi connectivity index (χ2n) is 5.46. The molecule has 1 aromatic carbocycles. The number of amides is 1. The summed E-state index contributed by atoms with van der Waals surface area (Å²) in [6, 6.07) is 9.23. The third kappa shape index (κ3) is 3.31. The van der Waals surface area contributed by atoms with Crippen molar-refractivity contribution in [3.63, 3.8) is 0 Å². The highest BCUT2D eigenvalue weighted by Gasteiger charge is 2.13. The van der Waals surface area contributed by atoms with Crippen molar-refractivity contribution in [1.82, 2.24) is 20.5 Å². The third-order valence-electron chi connectivity index (χ3n) is 3.36. The number of hydrogen-bond acceptors (Lipinski definition) is 4. The lowest BCUT2D eigenvalue weighted by molar-refractivity contribution is 0.0952. The number of carbonyl (C=O) groups excluding carboxylic acids is 1. The number of pyridine rings is 1. The van der Waals surface area contributed by atoms with Gasteiger partial charge in [-0.25, -0.2) is 4.98 Å². The zero-order chi connectivity index (χ0) is 16.2. The molecule has 6 nitrogen and oxygen atoms in total. The first kappa shape index (κ1) is 15.0. The summed E-state index contributed by atoms with van der Waals surface area (Å²) in [4.78, 5) is 16.7. The van der Waals surface area contributed by atoms with Gasteiger partial charge < -0.3 is 10.1 Å². The normalized spacial score (nSPS) is 10.9. The van der Waals surface area contributed by atoms with Crippen molar-refractivity contribution >= 4 is 16.8 Å². The van der Waals surface area contributed by atoms with E-state index in [2.05, 4.69) is 20.5 Å². The van der Waals surface area contributed by atoms with E-state index in [4.69, 9.17) is 4.74 Å². The maximum absolute atomic E-state index is 12.4. The lowest BCUT2D eigenvalue weighted by Crippen LogP contribution is -2.24. The zero-order valence-electron chi connectivity index (χ0n) is 13.0. The highest BCUT2D eigenvalue weighted by atomic mass is 16.5. The summed E-state index contributed by atoms with van der Waals surface area (Å²) in [5.41, 5.74) is 2.14. The Morgan fingerprint density at radius 2 is 2.17 bits per heavy atom. The monoisotopic (exact) mass is 310 g/mol. The maximum atomic E-state index is 12.4. The van der Waals surface area contributed by atoms with Crippen LogP contribution in [-0.4, -0.2) is 27.2 Å². The Hall–Kier alpha value is -2.89. The number of carbonyl (C=O) groups is 1. The van der Waals surface area contributed by atoms with E-state index in [-0.39, 0.29) is 12.0 Å². The second-order valence-corrected chi connectivity index (χ2v) is 5.46. The van der Waals surface area contributed by atoms with Crippen molar-refractivity contribution in [3.05, 3.63) is 53.9 Å². The second kappa shape index (κ2) is 6.48. The average molecular weight is 310 g/mol. The van der Waals surface area contributed by atoms with E-state index < -0.39 is 0 Å². The van der Waals surface area contributed by atoms with Gasteiger partial charge in [-0.1, -0.05) is 18.2 Å². The van der Waals surface area contributed by atoms with Gasteiger partial charge in [-0.3, -0.25) is 9.89 Å². The molecular formula is C17H18N4O2. The quantitative estimate of drug-likeness (QED) is 0.759. The number of para-hydroxylation sites is 1. The Balaban J connectivity index is 1.76. The molecule has 0 radical (unpaired) electrons. The molecule has 1 amide bonds. The van der Waals surface area contributed by atoms with Gasteiger partial charge in [0, 0.05) is 23.7 Å². The van der Waals surface area contributed by atoms with Crippen molar-refractivity contribution in [3.8, 4) is 5.88 Å². The van der Waals surface area contributed by atoms with Gasteiger partial charge in [-0.05, 0) is 26.0 Å². The third-order valence-corrected chi connectivity index (χ3v) is 3.36. The van der Waals surface area contributed by atoms with Crippen LogP contribution in [0.5, 0.6) is 5.88 Å². The molecule has 23 heavy (non-hydrogen) atoms. The first-order valence-corrected chi connectivity index (χ1v) is 7.46. The minimum atomic E-state index is -0.167. The Labute approximate surface area is 133 Å². The van der Waals surface area contributed by atoms with Crippen LogP contribution in [0.2, 0.25) is 0 Å². The first-order valence-electron chi connectivity index (χ1n) is 7.46. The molecule has 0 unspecified atom stereocenters. The molecule has 0 saturated carbocycles. The summed E-state index contributed by atoms with van der Waals surface area (Å²) in [5.74, 6) is 0.377. The number of aromatic amines is 1. The molecule has 118 valence electrons. The van der Waals surface area contributed by atoms with E-state index in [9.17, 15) is 4.79 Å². The number of rotatable bonds is 5. The summed E-state index contributed by atoms with van der Waals surface area (Å²) in [6.45, 7) is 4.23. The largest absolute Gasteiger partial charge is 0.475 e. The van der Waals surface area contributed by atoms with E-state index in [1.807, 2.05) is 38.1 Å². The van der Waals surface area contributed by atoms with Gasteiger partial charge in [0.2, 0.25) is 5.88 Å². The van der Waals surface area contributed by atoms with Crippen molar-refractivity contribution in [2.45, 2.75) is 26.5 Å². The van der Waals surface area contributed by atoms with Gasteiger partial charge in [0.15, 0.2) is 0 Å². The van der Waals surface area contributed by atoms with Crippen LogP contribution < -0.4 is 10.1 Å². The first-order chi connectivity index (χ1) is 11.1. The molecular weight excluding hydrogens is 292 g/mol. The van der Waals surface area contributed by atoms with E-state index in [0.717, 1.165) is 16.5 Å². The predicted molar refractivity (Wildman–Crippen MR) is 87.3 cm³/mol. The molecule has 2 aromatic heterocycles. The summed E-state index contributed by atoms with van der Waals surface area (Å²) >= 11 is 0. The molecule has 0 aliphatic heterocycles. The average Bonchev–Trinajstić information content (AvgIpc) is 3.01. The fourth-order valence-electron chi connectivity index (χ4n) is 2.32. The number of nitrogens with zero attached hydrogens (tertiary/aromatic N) is 2. The summed E-state index contributed by atoms with van der Waals surface area (Å²) in [7, 11) is 0. The fraction of sp³-hybridized carbons (Fsp3) is 0.235. The van der Waals surface area contributed by atoms with Crippen molar-refractivity contribution < 1.29 is 9.53 Å². The Morgan fingerprint density at radius 3 is 3.00 bits per heavy atom. The lowest BCUT2D eigenvalue weighted by atomic mass is 10.1. The fourth-order valence-corrected chi connectivity index (χ4v) is 2.32. The maximum Gasteiger partial charge on any atom is 0.253 e. The van der Waals surface area contributed by atoms with Gasteiger partial charge in [0.05, 0.1) is 23.4 Å². The van der Waals surface area contributed by atoms with Gasteiger partial charge >= 0.3 is 0 Å². The highest BCUT2D eigenvalue weighted by Crippen LogP contribution is 2.18. The van der Waals surface area contributed by atoms with E-state index in [1.165, 1.54) is 0 Å². The molecule has 0 spiro atoms. The van der Waals surface area contributed by atoms with Crippen LogP contribution in [0.4, 0.5) is 0 Å². The van der Waals surface area contributed by atoms with Crippen molar-refractivity contribution in [1.29, 1.82) is 0 Å². The van der Waals surface area contributed by atoms with Crippen LogP contribution in [-0.2, 0) is 6.54 Å². The molecule has 0 aliphatic carbocycles. The molecule has 0 saturated heterocycles. The van der Waals surface area contributed by atoms with Gasteiger partial charge in [0.1, 0.15) is 0 Å². The number of H-pyrrole nitrogens is 1. The lowest BCUT2D eigenvalue weighted by Gasteiger charge is -2.13. The SMILES string of the molecule is CC(C)Oc1ncccc1CNC(=O)c1cccc2cn[nH]c12. The van der Waals surface area contributed by atoms with Crippen molar-refractivity contribution in [2.75, 3.05) is 0 Å². The summed E-state index contributed by atoms with van der Waals surface area (Å²) in [6.07, 6.45) is 3.40. The molecule has 0 aliphatic rings. The Bertz CT molecular complexity index is 826. The number of aromatic nitrogens is 3. The zero-order valence-corrected chi connectivity index (χ0v) is 13.0. The molecule has 6 heteroatoms. The van der Waals surface area contributed by atoms with E-state index >= 15 is 0 Å². The number of ether oxygens (including phenoxy) is 1. The molecule has 2 N–H and O–H groups in total. The van der Waals surface area contributed by atoms with Gasteiger partial charge in [-0.15, -0.1) is 0 Å². The minimum absolute atomic E-state index is 0.0260. The smallest absolute Gasteiger partial charge is 0.253 e. The van der Waals surface area contributed by atoms with Crippen LogP contribution >= 0.6 is 0 Å². The standard InChI is InChI=1S/C17H18N4O2/c1-11(2)23-17-13(6-4-8-18-17)9-19-16(22)14-7-3-5-12-10-20-21-15(12)14/h3-8,10-11H,9H2,1-2H3,(H,19,22)(H,20,21). The Kier molecular flexibility index (Phi) is 4.23. The van der Waals surface area contributed by atoms with Crippen LogP contribution in [0.15, 0.2) is 42.7 Å². The van der Waals surface area contributed by atoms with Crippen LogP contribution in [0, 0.1) is 0 Å². The number of benzene rings is 1. The Morgan fingerprint density at radius 1 is 1.30 bits per heavy atom. The number of nitrogens with one attached hydrogen (secondary N) is 2. The summed E-state index contributed by atoms with van der Waals surface area (Å²) in [5, 5.41) is 10.6. The highest BCUT2D eigenvalue weighted by molar-refractivity contribution is 6.05.